The number of anilines is 3. The van der Waals surface area contributed by atoms with Crippen LogP contribution in [0, 0.1) is 6.92 Å². The Morgan fingerprint density at radius 2 is 1.95 bits per heavy atom. The van der Waals surface area contributed by atoms with Crippen molar-refractivity contribution >= 4 is 52.4 Å². The van der Waals surface area contributed by atoms with Crippen LogP contribution < -0.4 is 25.4 Å². The molecule has 14 heteroatoms. The molecule has 1 saturated heterocycles. The summed E-state index contributed by atoms with van der Waals surface area (Å²) in [7, 11) is 0. The quantitative estimate of drug-likeness (QED) is 0.298. The molecule has 1 unspecified atom stereocenters. The molecule has 3 aromatic rings. The number of aliphatic imine (C=N–C) groups is 2. The Bertz CT molecular complexity index is 1580. The molecule has 2 aliphatic rings. The average Bonchev–Trinajstić information content (AvgIpc) is 3.58. The molecule has 0 saturated carbocycles. The minimum atomic E-state index is -4.75. The number of benzene rings is 2. The van der Waals surface area contributed by atoms with Gasteiger partial charge in [-0.15, -0.1) is 13.2 Å². The topological polar surface area (TPSA) is 112 Å². The van der Waals surface area contributed by atoms with Crippen molar-refractivity contribution in [2.24, 2.45) is 9.98 Å². The first-order valence-corrected chi connectivity index (χ1v) is 14.8. The maximum atomic E-state index is 12.8. The summed E-state index contributed by atoms with van der Waals surface area (Å²) in [5.41, 5.74) is 7.44. The third kappa shape index (κ3) is 7.74. The molecule has 0 spiro atoms. The van der Waals surface area contributed by atoms with Crippen molar-refractivity contribution in [1.82, 2.24) is 10.4 Å². The van der Waals surface area contributed by atoms with Crippen molar-refractivity contribution in [1.29, 1.82) is 0 Å². The van der Waals surface area contributed by atoms with Crippen molar-refractivity contribution in [2.75, 3.05) is 21.0 Å². The van der Waals surface area contributed by atoms with Gasteiger partial charge in [0.15, 0.2) is 5.17 Å². The Morgan fingerprint density at radius 3 is 2.64 bits per heavy atom. The second-order valence-electron chi connectivity index (χ2n) is 10.5. The summed E-state index contributed by atoms with van der Waals surface area (Å²) in [6.45, 7) is 6.06. The molecule has 230 valence electrons. The molecular formula is C30H30F3N7O3S. The van der Waals surface area contributed by atoms with Crippen LogP contribution in [-0.2, 0) is 11.2 Å². The van der Waals surface area contributed by atoms with Crippen molar-refractivity contribution in [3.63, 3.8) is 0 Å². The maximum Gasteiger partial charge on any atom is 0.573 e. The fraction of sp³-hybridized carbons (Fsp3) is 0.300. The minimum absolute atomic E-state index is 0.130. The molecule has 2 aromatic carbocycles. The normalized spacial score (nSPS) is 17.7. The zero-order valence-electron chi connectivity index (χ0n) is 24.1. The van der Waals surface area contributed by atoms with Gasteiger partial charge in [-0.05, 0) is 78.8 Å². The van der Waals surface area contributed by atoms with Crippen molar-refractivity contribution in [3.05, 3.63) is 77.5 Å². The van der Waals surface area contributed by atoms with Crippen LogP contribution in [0.15, 0.2) is 70.8 Å². The molecule has 0 aliphatic carbocycles. The predicted molar refractivity (Wildman–Crippen MR) is 165 cm³/mol. The molecule has 0 radical (unpaired) electrons. The van der Waals surface area contributed by atoms with Crippen molar-refractivity contribution in [3.8, 4) is 5.75 Å². The molecule has 2 aliphatic heterocycles. The first kappa shape index (κ1) is 31.0. The van der Waals surface area contributed by atoms with Gasteiger partial charge in [0.2, 0.25) is 5.91 Å². The number of hydrogen-bond acceptors (Lipinski definition) is 8. The Labute approximate surface area is 256 Å². The minimum Gasteiger partial charge on any atom is -0.406 e. The monoisotopic (exact) mass is 625 g/mol. The summed E-state index contributed by atoms with van der Waals surface area (Å²) < 4.78 is 41.1. The number of carbonyl (C=O) groups is 2. The number of alkyl halides is 3. The van der Waals surface area contributed by atoms with Gasteiger partial charge in [-0.25, -0.2) is 15.2 Å². The zero-order valence-corrected chi connectivity index (χ0v) is 24.9. The Kier molecular flexibility index (Phi) is 9.20. The van der Waals surface area contributed by atoms with Crippen molar-refractivity contribution in [2.45, 2.75) is 52.1 Å². The van der Waals surface area contributed by atoms with E-state index < -0.39 is 12.4 Å². The van der Waals surface area contributed by atoms with E-state index in [1.165, 1.54) is 40.9 Å². The number of hydrazine groups is 1. The van der Waals surface area contributed by atoms with E-state index in [4.69, 9.17) is 0 Å². The Balaban J connectivity index is 1.14. The highest BCUT2D eigenvalue weighted by Gasteiger charge is 2.33. The van der Waals surface area contributed by atoms with Crippen LogP contribution in [-0.4, -0.2) is 46.7 Å². The Hall–Kier alpha value is -4.43. The smallest absolute Gasteiger partial charge is 0.406 e. The number of thioether (sulfide) groups is 1. The van der Waals surface area contributed by atoms with Gasteiger partial charge in [-0.2, -0.15) is 4.99 Å². The summed E-state index contributed by atoms with van der Waals surface area (Å²) >= 11 is 1.22. The second kappa shape index (κ2) is 13.1. The van der Waals surface area contributed by atoms with E-state index in [0.717, 1.165) is 22.4 Å². The van der Waals surface area contributed by atoms with Crippen LogP contribution in [0.4, 0.5) is 35.2 Å². The number of carbonyl (C=O) groups excluding carboxylic acids is 2. The van der Waals surface area contributed by atoms with Gasteiger partial charge < -0.3 is 4.74 Å². The fourth-order valence-corrected chi connectivity index (χ4v) is 5.51. The van der Waals surface area contributed by atoms with Gasteiger partial charge in [-0.3, -0.25) is 25.0 Å². The number of aryl methyl sites for hydroxylation is 2. The molecule has 2 N–H and O–H groups in total. The average molecular weight is 626 g/mol. The fourth-order valence-electron chi connectivity index (χ4n) is 4.65. The lowest BCUT2D eigenvalue weighted by Gasteiger charge is -2.22. The standard InChI is InChI=1S/C30H30F3N7O3S/c1-18(2)23-11-4-19(3)14-24(23)40-27(41)16-44-29(40)37-28(42)36-25-12-5-20(15-34-25)6-13-26-35-17-39(38-26)21-7-9-22(10-8-21)43-30(31,32)33/h4-5,7-12,14-15,17-18,26,38H,6,13,16H2,1-3H3,(H,34,36,42)/b37-29-. The second-order valence-corrected chi connectivity index (χ2v) is 11.4. The highest BCUT2D eigenvalue weighted by atomic mass is 32.2. The van der Waals surface area contributed by atoms with E-state index in [9.17, 15) is 22.8 Å². The maximum absolute atomic E-state index is 12.8. The highest BCUT2D eigenvalue weighted by molar-refractivity contribution is 8.15. The summed E-state index contributed by atoms with van der Waals surface area (Å²) in [6.07, 6.45) is -0.501. The van der Waals surface area contributed by atoms with Crippen LogP contribution in [0.1, 0.15) is 42.9 Å². The number of hydrogen-bond donors (Lipinski definition) is 2. The molecule has 44 heavy (non-hydrogen) atoms. The largest absolute Gasteiger partial charge is 0.573 e. The molecule has 3 heterocycles. The van der Waals surface area contributed by atoms with E-state index in [0.29, 0.717) is 29.5 Å². The van der Waals surface area contributed by atoms with Gasteiger partial charge in [0.05, 0.1) is 17.1 Å². The predicted octanol–water partition coefficient (Wildman–Crippen LogP) is 6.39. The first-order valence-electron chi connectivity index (χ1n) is 13.8. The summed E-state index contributed by atoms with van der Waals surface area (Å²) in [5.74, 6) is 0.272. The zero-order chi connectivity index (χ0) is 31.4. The lowest BCUT2D eigenvalue weighted by Crippen LogP contribution is -2.37. The van der Waals surface area contributed by atoms with Crippen LogP contribution in [0.5, 0.6) is 5.75 Å². The van der Waals surface area contributed by atoms with Crippen LogP contribution in [0.25, 0.3) is 0 Å². The molecule has 0 bridgehead atoms. The third-order valence-electron chi connectivity index (χ3n) is 6.78. The lowest BCUT2D eigenvalue weighted by molar-refractivity contribution is -0.274. The number of rotatable bonds is 8. The summed E-state index contributed by atoms with van der Waals surface area (Å²) in [5, 5.41) is 4.61. The van der Waals surface area contributed by atoms with Crippen LogP contribution >= 0.6 is 11.8 Å². The van der Waals surface area contributed by atoms with Gasteiger partial charge in [0.1, 0.15) is 24.1 Å². The van der Waals surface area contributed by atoms with Crippen LogP contribution in [0.3, 0.4) is 0 Å². The number of amidine groups is 1. The van der Waals surface area contributed by atoms with Gasteiger partial charge in [0, 0.05) is 6.20 Å². The van der Waals surface area contributed by atoms with Gasteiger partial charge in [-0.1, -0.05) is 43.8 Å². The molecule has 5 rings (SSSR count). The SMILES string of the molecule is Cc1ccc(C(C)C)c(N2C(=O)CS/C2=N\C(=O)Nc2ccc(CCC3N=CN(c4ccc(OC(F)(F)F)cc4)N3)cn2)c1. The van der Waals surface area contributed by atoms with Gasteiger partial charge in [0.25, 0.3) is 0 Å². The first-order chi connectivity index (χ1) is 20.9. The number of aromatic nitrogens is 1. The number of halogens is 3. The molecule has 3 amide bonds. The number of urea groups is 1. The molecule has 1 atom stereocenters. The highest BCUT2D eigenvalue weighted by Crippen LogP contribution is 2.34. The third-order valence-corrected chi connectivity index (χ3v) is 7.70. The van der Waals surface area contributed by atoms with Crippen LogP contribution in [0.2, 0.25) is 0 Å². The van der Waals surface area contributed by atoms with E-state index in [2.05, 4.69) is 44.3 Å². The van der Waals surface area contributed by atoms with Crippen molar-refractivity contribution < 1.29 is 27.5 Å². The molecular weight excluding hydrogens is 595 g/mol. The number of pyridine rings is 1. The molecule has 10 nitrogen and oxygen atoms in total. The summed E-state index contributed by atoms with van der Waals surface area (Å²) in [4.78, 5) is 40.0. The number of ether oxygens (including phenoxy) is 1. The number of amides is 3. The number of nitrogens with zero attached hydrogens (tertiary/aromatic N) is 5. The molecule has 1 fully saturated rings. The van der Waals surface area contributed by atoms with E-state index in [1.54, 1.807) is 23.6 Å². The summed E-state index contributed by atoms with van der Waals surface area (Å²) in [6, 6.07) is 14.3. The van der Waals surface area contributed by atoms with E-state index >= 15 is 0 Å². The van der Waals surface area contributed by atoms with E-state index in [-0.39, 0.29) is 29.5 Å². The molecule has 1 aromatic heterocycles. The van der Waals surface area contributed by atoms with E-state index in [1.807, 2.05) is 31.2 Å². The lowest BCUT2D eigenvalue weighted by atomic mass is 9.99. The van der Waals surface area contributed by atoms with Gasteiger partial charge >= 0.3 is 12.4 Å². The Morgan fingerprint density at radius 1 is 1.18 bits per heavy atom. The number of nitrogens with one attached hydrogen (secondary N) is 2.